The van der Waals surface area contributed by atoms with Crippen molar-refractivity contribution in [1.29, 1.82) is 0 Å². The molecule has 1 amide bonds. The van der Waals surface area contributed by atoms with Gasteiger partial charge in [0.15, 0.2) is 0 Å². The second-order valence-corrected chi connectivity index (χ2v) is 6.02. The van der Waals surface area contributed by atoms with Gasteiger partial charge in [-0.25, -0.2) is 0 Å². The monoisotopic (exact) mass is 348 g/mol. The third-order valence-electron chi connectivity index (χ3n) is 3.81. The average molecular weight is 348 g/mol. The molecule has 1 unspecified atom stereocenters. The maximum atomic E-state index is 11.9. The molecule has 0 aliphatic rings. The van der Waals surface area contributed by atoms with Crippen LogP contribution < -0.4 is 11.1 Å². The van der Waals surface area contributed by atoms with Crippen LogP contribution >= 0.6 is 0 Å². The first-order valence-corrected chi connectivity index (χ1v) is 8.49. The highest BCUT2D eigenvalue weighted by molar-refractivity contribution is 5.91. The highest BCUT2D eigenvalue weighted by Crippen LogP contribution is 2.19. The van der Waals surface area contributed by atoms with Gasteiger partial charge in [0, 0.05) is 17.8 Å². The van der Waals surface area contributed by atoms with Gasteiger partial charge in [0.25, 0.3) is 0 Å². The first-order chi connectivity index (χ1) is 12.5. The molecule has 0 bridgehead atoms. The number of hydrogen-bond acceptors (Lipinski definition) is 3. The Morgan fingerprint density at radius 3 is 2.00 bits per heavy atom. The van der Waals surface area contributed by atoms with Gasteiger partial charge < -0.3 is 16.2 Å². The van der Waals surface area contributed by atoms with Gasteiger partial charge in [-0.3, -0.25) is 4.79 Å². The second kappa shape index (κ2) is 9.89. The lowest BCUT2D eigenvalue weighted by molar-refractivity contribution is -0.116. The highest BCUT2D eigenvalue weighted by atomic mass is 16.3. The van der Waals surface area contributed by atoms with E-state index in [0.29, 0.717) is 12.1 Å². The third kappa shape index (κ3) is 6.69. The molecule has 26 heavy (non-hydrogen) atoms. The van der Waals surface area contributed by atoms with Gasteiger partial charge in [-0.1, -0.05) is 55.5 Å². The molecule has 3 aromatic rings. The fourth-order valence-electron chi connectivity index (χ4n) is 2.39. The molecule has 0 aliphatic heterocycles. The minimum atomic E-state index is 0.0533. The zero-order valence-electron chi connectivity index (χ0n) is 14.8. The summed E-state index contributed by atoms with van der Waals surface area (Å²) < 4.78 is 0. The van der Waals surface area contributed by atoms with Gasteiger partial charge in [-0.05, 0) is 47.9 Å². The van der Waals surface area contributed by atoms with E-state index < -0.39 is 0 Å². The van der Waals surface area contributed by atoms with Crippen LogP contribution in [-0.4, -0.2) is 11.0 Å². The highest BCUT2D eigenvalue weighted by Gasteiger charge is 2.10. The Hall–Kier alpha value is -3.27. The average Bonchev–Trinajstić information content (AvgIpc) is 2.66. The molecule has 4 nitrogen and oxygen atoms in total. The number of phenolic OH excluding ortho intramolecular Hbond substituents is 1. The maximum Gasteiger partial charge on any atom is 0.224 e. The normalized spacial score (nSPS) is 11.0. The summed E-state index contributed by atoms with van der Waals surface area (Å²) in [4.78, 5) is 11.9. The lowest BCUT2D eigenvalue weighted by Crippen LogP contribution is -2.14. The van der Waals surface area contributed by atoms with Gasteiger partial charge in [0.2, 0.25) is 5.91 Å². The largest absolute Gasteiger partial charge is 0.508 e. The van der Waals surface area contributed by atoms with Crippen molar-refractivity contribution in [2.24, 2.45) is 0 Å². The quantitative estimate of drug-likeness (QED) is 0.468. The Bertz CT molecular complexity index is 766. The molecule has 134 valence electrons. The maximum absolute atomic E-state index is 11.9. The first-order valence-electron chi connectivity index (χ1n) is 8.49. The van der Waals surface area contributed by atoms with E-state index in [0.717, 1.165) is 5.69 Å². The van der Waals surface area contributed by atoms with Crippen LogP contribution in [0, 0.1) is 0 Å². The molecule has 0 saturated carbocycles. The van der Waals surface area contributed by atoms with Gasteiger partial charge in [0.1, 0.15) is 5.75 Å². The van der Waals surface area contributed by atoms with Crippen molar-refractivity contribution in [2.45, 2.75) is 19.3 Å². The van der Waals surface area contributed by atoms with Crippen LogP contribution in [0.4, 0.5) is 11.4 Å². The van der Waals surface area contributed by atoms with E-state index in [1.807, 2.05) is 48.5 Å². The molecule has 3 rings (SSSR count). The molecule has 1 atom stereocenters. The molecule has 0 saturated heterocycles. The molecule has 3 aromatic carbocycles. The van der Waals surface area contributed by atoms with Gasteiger partial charge >= 0.3 is 0 Å². The number of nitrogen functional groups attached to an aromatic ring is 1. The summed E-state index contributed by atoms with van der Waals surface area (Å²) >= 11 is 0. The minimum Gasteiger partial charge on any atom is -0.508 e. The first kappa shape index (κ1) is 19.1. The molecule has 0 spiro atoms. The number of rotatable bonds is 4. The third-order valence-corrected chi connectivity index (χ3v) is 3.81. The fraction of sp³-hybridized carbons (Fsp3) is 0.136. The fourth-order valence-corrected chi connectivity index (χ4v) is 2.39. The predicted octanol–water partition coefficient (Wildman–Crippen LogP) is 4.79. The molecule has 4 heteroatoms. The molecule has 0 radical (unpaired) electrons. The molecule has 0 aromatic heterocycles. The number of anilines is 2. The van der Waals surface area contributed by atoms with E-state index in [-0.39, 0.29) is 17.6 Å². The van der Waals surface area contributed by atoms with Gasteiger partial charge in [-0.15, -0.1) is 0 Å². The predicted molar refractivity (Wildman–Crippen MR) is 107 cm³/mol. The number of aromatic hydroxyl groups is 1. The summed E-state index contributed by atoms with van der Waals surface area (Å²) in [6.07, 6.45) is 0.499. The summed E-state index contributed by atoms with van der Waals surface area (Å²) in [7, 11) is 0. The summed E-state index contributed by atoms with van der Waals surface area (Å²) in [6, 6.07) is 26.0. The number of phenols is 1. The topological polar surface area (TPSA) is 75.4 Å². The number of nitrogens with two attached hydrogens (primary N) is 1. The van der Waals surface area contributed by atoms with E-state index in [2.05, 4.69) is 24.4 Å². The van der Waals surface area contributed by atoms with Crippen LogP contribution in [-0.2, 0) is 4.79 Å². The van der Waals surface area contributed by atoms with Crippen LogP contribution in [0.1, 0.15) is 24.8 Å². The number of para-hydroxylation sites is 1. The molecular formula is C22H24N2O2. The summed E-state index contributed by atoms with van der Waals surface area (Å²) in [5.74, 6) is 0.534. The standard InChI is InChI=1S/C16H17NO.C6H7NO/c1-13(14-8-4-2-5-9-14)12-16(18)17-15-10-6-3-7-11-15;7-5-1-3-6(8)4-2-5/h2-11,13H,12H2,1H3,(H,17,18);1-4,8H,7H2. The number of nitrogens with one attached hydrogen (secondary N) is 1. The van der Waals surface area contributed by atoms with E-state index in [1.54, 1.807) is 24.3 Å². The number of carbonyl (C=O) groups is 1. The Labute approximate surface area is 154 Å². The van der Waals surface area contributed by atoms with Crippen LogP contribution in [0.15, 0.2) is 84.9 Å². The Kier molecular flexibility index (Phi) is 7.25. The van der Waals surface area contributed by atoms with Crippen LogP contribution in [0.2, 0.25) is 0 Å². The second-order valence-electron chi connectivity index (χ2n) is 6.02. The zero-order chi connectivity index (χ0) is 18.8. The van der Waals surface area contributed by atoms with Crippen molar-refractivity contribution in [3.05, 3.63) is 90.5 Å². The minimum absolute atomic E-state index is 0.0533. The van der Waals surface area contributed by atoms with E-state index in [9.17, 15) is 4.79 Å². The lowest BCUT2D eigenvalue weighted by Gasteiger charge is -2.11. The lowest BCUT2D eigenvalue weighted by atomic mass is 9.97. The molecule has 0 aliphatic carbocycles. The summed E-state index contributed by atoms with van der Waals surface area (Å²) in [5, 5.41) is 11.6. The number of hydrogen-bond donors (Lipinski definition) is 3. The Balaban J connectivity index is 0.000000254. The van der Waals surface area contributed by atoms with Gasteiger partial charge in [0.05, 0.1) is 0 Å². The van der Waals surface area contributed by atoms with Crippen molar-refractivity contribution in [3.8, 4) is 5.75 Å². The van der Waals surface area contributed by atoms with Crippen molar-refractivity contribution in [1.82, 2.24) is 0 Å². The Morgan fingerprint density at radius 2 is 1.46 bits per heavy atom. The summed E-state index contributed by atoms with van der Waals surface area (Å²) in [6.45, 7) is 2.07. The van der Waals surface area contributed by atoms with E-state index in [1.165, 1.54) is 5.56 Å². The molecule has 0 heterocycles. The van der Waals surface area contributed by atoms with Crippen LogP contribution in [0.25, 0.3) is 0 Å². The van der Waals surface area contributed by atoms with Crippen LogP contribution in [0.3, 0.4) is 0 Å². The van der Waals surface area contributed by atoms with E-state index >= 15 is 0 Å². The molecular weight excluding hydrogens is 324 g/mol. The molecule has 0 fully saturated rings. The number of carbonyl (C=O) groups excluding carboxylic acids is 1. The number of benzene rings is 3. The Morgan fingerprint density at radius 1 is 0.923 bits per heavy atom. The SMILES string of the molecule is CC(CC(=O)Nc1ccccc1)c1ccccc1.Nc1ccc(O)cc1. The smallest absolute Gasteiger partial charge is 0.224 e. The van der Waals surface area contributed by atoms with Crippen LogP contribution in [0.5, 0.6) is 5.75 Å². The number of amides is 1. The zero-order valence-corrected chi connectivity index (χ0v) is 14.8. The van der Waals surface area contributed by atoms with Gasteiger partial charge in [-0.2, -0.15) is 0 Å². The summed E-state index contributed by atoms with van der Waals surface area (Å²) in [5.41, 5.74) is 8.03. The van der Waals surface area contributed by atoms with Crippen molar-refractivity contribution < 1.29 is 9.90 Å². The van der Waals surface area contributed by atoms with Crippen molar-refractivity contribution in [3.63, 3.8) is 0 Å². The van der Waals surface area contributed by atoms with Crippen molar-refractivity contribution >= 4 is 17.3 Å². The van der Waals surface area contributed by atoms with Crippen molar-refractivity contribution in [2.75, 3.05) is 11.1 Å². The molecule has 4 N–H and O–H groups in total. The van der Waals surface area contributed by atoms with E-state index in [4.69, 9.17) is 10.8 Å².